The van der Waals surface area contributed by atoms with Gasteiger partial charge in [0.05, 0.1) is 12.0 Å². The number of hydrogen-bond acceptors (Lipinski definition) is 3. The fourth-order valence-electron chi connectivity index (χ4n) is 2.19. The van der Waals surface area contributed by atoms with E-state index in [1.807, 2.05) is 12.5 Å². The number of aliphatic hydroxyl groups is 1. The Morgan fingerprint density at radius 1 is 1.59 bits per heavy atom. The normalized spacial score (nSPS) is 17.3. The zero-order chi connectivity index (χ0) is 12.1. The van der Waals surface area contributed by atoms with Gasteiger partial charge in [0, 0.05) is 25.4 Å². The monoisotopic (exact) mass is 237 g/mol. The molecule has 2 rings (SSSR count). The van der Waals surface area contributed by atoms with Crippen LogP contribution >= 0.6 is 0 Å². The van der Waals surface area contributed by atoms with E-state index >= 15 is 0 Å². The van der Waals surface area contributed by atoms with Crippen LogP contribution in [-0.2, 0) is 6.54 Å². The van der Waals surface area contributed by atoms with Gasteiger partial charge < -0.3 is 15.0 Å². The molecule has 0 aliphatic heterocycles. The Labute approximate surface area is 103 Å². The molecule has 1 aromatic rings. The lowest BCUT2D eigenvalue weighted by atomic mass is 10.0. The van der Waals surface area contributed by atoms with E-state index in [2.05, 4.69) is 21.8 Å². The van der Waals surface area contributed by atoms with Gasteiger partial charge in [0.2, 0.25) is 0 Å². The first-order valence-electron chi connectivity index (χ1n) is 6.67. The van der Waals surface area contributed by atoms with Gasteiger partial charge in [-0.15, -0.1) is 0 Å². The average Bonchev–Trinajstić information content (AvgIpc) is 3.08. The second kappa shape index (κ2) is 6.17. The van der Waals surface area contributed by atoms with Crippen LogP contribution in [-0.4, -0.2) is 27.8 Å². The highest BCUT2D eigenvalue weighted by Crippen LogP contribution is 2.35. The van der Waals surface area contributed by atoms with Gasteiger partial charge in [-0.25, -0.2) is 4.98 Å². The van der Waals surface area contributed by atoms with Crippen molar-refractivity contribution in [2.75, 3.05) is 13.2 Å². The molecule has 1 aliphatic carbocycles. The lowest BCUT2D eigenvalue weighted by Gasteiger charge is -2.14. The molecule has 4 heteroatoms. The third-order valence-corrected chi connectivity index (χ3v) is 3.54. The van der Waals surface area contributed by atoms with Crippen LogP contribution < -0.4 is 5.32 Å². The molecule has 96 valence electrons. The van der Waals surface area contributed by atoms with Crippen molar-refractivity contribution in [3.05, 3.63) is 18.2 Å². The molecule has 0 saturated heterocycles. The van der Waals surface area contributed by atoms with Crippen LogP contribution in [0.2, 0.25) is 0 Å². The summed E-state index contributed by atoms with van der Waals surface area (Å²) >= 11 is 0. The van der Waals surface area contributed by atoms with Crippen LogP contribution in [0.3, 0.4) is 0 Å². The number of nitrogens with zero attached hydrogens (tertiary/aromatic N) is 2. The van der Waals surface area contributed by atoms with Crippen molar-refractivity contribution in [2.45, 2.75) is 45.2 Å². The topological polar surface area (TPSA) is 50.1 Å². The standard InChI is InChI=1S/C13H23N3O/c1-2-11(5-6-17)7-14-8-13-9-15-10-16(13)12-3-4-12/h9-12,14,17H,2-8H2,1H3. The number of nitrogens with one attached hydrogen (secondary N) is 1. The Morgan fingerprint density at radius 2 is 2.41 bits per heavy atom. The summed E-state index contributed by atoms with van der Waals surface area (Å²) in [6.45, 7) is 4.34. The van der Waals surface area contributed by atoms with Crippen molar-refractivity contribution in [3.63, 3.8) is 0 Å². The Hall–Kier alpha value is -0.870. The molecule has 1 unspecified atom stereocenters. The molecule has 0 bridgehead atoms. The predicted molar refractivity (Wildman–Crippen MR) is 67.7 cm³/mol. The molecule has 1 heterocycles. The summed E-state index contributed by atoms with van der Waals surface area (Å²) in [6, 6.07) is 0.703. The molecule has 1 atom stereocenters. The van der Waals surface area contributed by atoms with Crippen LogP contribution in [0.1, 0.15) is 44.3 Å². The molecule has 1 aromatic heterocycles. The van der Waals surface area contributed by atoms with Crippen molar-refractivity contribution in [3.8, 4) is 0 Å². The van der Waals surface area contributed by atoms with E-state index in [-0.39, 0.29) is 0 Å². The fourth-order valence-corrected chi connectivity index (χ4v) is 2.19. The molecular formula is C13H23N3O. The molecule has 1 fully saturated rings. The third-order valence-electron chi connectivity index (χ3n) is 3.54. The number of rotatable bonds is 8. The second-order valence-corrected chi connectivity index (χ2v) is 4.94. The van der Waals surface area contributed by atoms with Crippen LogP contribution in [0.15, 0.2) is 12.5 Å². The van der Waals surface area contributed by atoms with Gasteiger partial charge in [0.15, 0.2) is 0 Å². The maximum absolute atomic E-state index is 8.93. The number of hydrogen-bond donors (Lipinski definition) is 2. The van der Waals surface area contributed by atoms with Gasteiger partial charge in [-0.3, -0.25) is 0 Å². The Kier molecular flexibility index (Phi) is 4.57. The molecule has 4 nitrogen and oxygen atoms in total. The van der Waals surface area contributed by atoms with Crippen molar-refractivity contribution in [1.29, 1.82) is 0 Å². The van der Waals surface area contributed by atoms with E-state index in [1.54, 1.807) is 0 Å². The summed E-state index contributed by atoms with van der Waals surface area (Å²) in [5, 5.41) is 12.4. The first-order valence-corrected chi connectivity index (χ1v) is 6.67. The van der Waals surface area contributed by atoms with E-state index in [9.17, 15) is 0 Å². The van der Waals surface area contributed by atoms with Gasteiger partial charge >= 0.3 is 0 Å². The second-order valence-electron chi connectivity index (χ2n) is 4.94. The Morgan fingerprint density at radius 3 is 3.06 bits per heavy atom. The minimum absolute atomic E-state index is 0.292. The maximum Gasteiger partial charge on any atom is 0.0951 e. The first kappa shape index (κ1) is 12.6. The Balaban J connectivity index is 1.75. The number of aliphatic hydroxyl groups excluding tert-OH is 1. The lowest BCUT2D eigenvalue weighted by Crippen LogP contribution is -2.24. The Bertz CT molecular complexity index is 333. The molecule has 0 amide bonds. The lowest BCUT2D eigenvalue weighted by molar-refractivity contribution is 0.251. The van der Waals surface area contributed by atoms with Gasteiger partial charge in [0.25, 0.3) is 0 Å². The van der Waals surface area contributed by atoms with E-state index in [0.717, 1.165) is 25.9 Å². The summed E-state index contributed by atoms with van der Waals surface area (Å²) in [4.78, 5) is 4.22. The van der Waals surface area contributed by atoms with Crippen molar-refractivity contribution >= 4 is 0 Å². The van der Waals surface area contributed by atoms with Crippen LogP contribution in [0.5, 0.6) is 0 Å². The van der Waals surface area contributed by atoms with E-state index in [4.69, 9.17) is 5.11 Å². The number of aromatic nitrogens is 2. The highest BCUT2D eigenvalue weighted by atomic mass is 16.3. The van der Waals surface area contributed by atoms with Gasteiger partial charge in [-0.2, -0.15) is 0 Å². The molecular weight excluding hydrogens is 214 g/mol. The van der Waals surface area contributed by atoms with Gasteiger partial charge in [0.1, 0.15) is 0 Å². The van der Waals surface area contributed by atoms with Gasteiger partial charge in [-0.1, -0.05) is 13.3 Å². The molecule has 2 N–H and O–H groups in total. The third kappa shape index (κ3) is 3.54. The quantitative estimate of drug-likeness (QED) is 0.724. The van der Waals surface area contributed by atoms with E-state index < -0.39 is 0 Å². The van der Waals surface area contributed by atoms with Crippen molar-refractivity contribution in [1.82, 2.24) is 14.9 Å². The predicted octanol–water partition coefficient (Wildman–Crippen LogP) is 1.72. The summed E-state index contributed by atoms with van der Waals surface area (Å²) in [7, 11) is 0. The van der Waals surface area contributed by atoms with E-state index in [1.165, 1.54) is 18.5 Å². The highest BCUT2D eigenvalue weighted by molar-refractivity contribution is 5.03. The highest BCUT2D eigenvalue weighted by Gasteiger charge is 2.24. The largest absolute Gasteiger partial charge is 0.396 e. The smallest absolute Gasteiger partial charge is 0.0951 e. The minimum Gasteiger partial charge on any atom is -0.396 e. The van der Waals surface area contributed by atoms with Gasteiger partial charge in [-0.05, 0) is 31.7 Å². The molecule has 0 spiro atoms. The average molecular weight is 237 g/mol. The van der Waals surface area contributed by atoms with Crippen LogP contribution in [0, 0.1) is 5.92 Å². The summed E-state index contributed by atoms with van der Waals surface area (Å²) in [6.07, 6.45) is 8.51. The zero-order valence-electron chi connectivity index (χ0n) is 10.6. The molecule has 0 aromatic carbocycles. The molecule has 1 aliphatic rings. The SMILES string of the molecule is CCC(CCO)CNCc1cncn1C1CC1. The van der Waals surface area contributed by atoms with Crippen LogP contribution in [0.25, 0.3) is 0 Å². The molecule has 1 saturated carbocycles. The van der Waals surface area contributed by atoms with Crippen molar-refractivity contribution in [2.24, 2.45) is 5.92 Å². The number of imidazole rings is 1. The van der Waals surface area contributed by atoms with Crippen molar-refractivity contribution < 1.29 is 5.11 Å². The summed E-state index contributed by atoms with van der Waals surface area (Å²) in [5.41, 5.74) is 1.28. The first-order chi connectivity index (χ1) is 8.35. The summed E-state index contributed by atoms with van der Waals surface area (Å²) in [5.74, 6) is 0.581. The summed E-state index contributed by atoms with van der Waals surface area (Å²) < 4.78 is 2.29. The molecule has 17 heavy (non-hydrogen) atoms. The fraction of sp³-hybridized carbons (Fsp3) is 0.769. The van der Waals surface area contributed by atoms with Crippen LogP contribution in [0.4, 0.5) is 0 Å². The van der Waals surface area contributed by atoms with E-state index in [0.29, 0.717) is 18.6 Å². The minimum atomic E-state index is 0.292. The maximum atomic E-state index is 8.93. The molecule has 0 radical (unpaired) electrons. The zero-order valence-corrected chi connectivity index (χ0v) is 10.6.